The number of hydrogen-bond acceptors (Lipinski definition) is 3. The summed E-state index contributed by atoms with van der Waals surface area (Å²) in [5.41, 5.74) is 1.45. The van der Waals surface area contributed by atoms with Crippen LogP contribution in [0.2, 0.25) is 5.02 Å². The van der Waals surface area contributed by atoms with E-state index in [2.05, 4.69) is 11.1 Å². The van der Waals surface area contributed by atoms with Crippen LogP contribution in [-0.4, -0.2) is 16.6 Å². The second-order valence-corrected chi connectivity index (χ2v) is 4.50. The number of halogens is 1. The van der Waals surface area contributed by atoms with E-state index in [1.165, 1.54) is 0 Å². The van der Waals surface area contributed by atoms with Crippen LogP contribution in [0.4, 0.5) is 5.69 Å². The monoisotopic (exact) mass is 260 g/mol. The normalized spacial score (nSPS) is 10.1. The number of nitrogens with zero attached hydrogens (tertiary/aromatic N) is 4. The maximum Gasteiger partial charge on any atom is 0.127 e. The van der Waals surface area contributed by atoms with Crippen LogP contribution in [0.5, 0.6) is 0 Å². The highest BCUT2D eigenvalue weighted by Crippen LogP contribution is 2.26. The minimum absolute atomic E-state index is 0.564. The van der Waals surface area contributed by atoms with Crippen molar-refractivity contribution in [1.82, 2.24) is 9.55 Å². The van der Waals surface area contributed by atoms with E-state index in [0.717, 1.165) is 11.5 Å². The van der Waals surface area contributed by atoms with Gasteiger partial charge in [0.25, 0.3) is 0 Å². The molecule has 0 N–H and O–H groups in total. The summed E-state index contributed by atoms with van der Waals surface area (Å²) < 4.78 is 1.97. The van der Waals surface area contributed by atoms with E-state index in [1.807, 2.05) is 35.8 Å². The van der Waals surface area contributed by atoms with Gasteiger partial charge in [-0.25, -0.2) is 4.98 Å². The SMILES string of the molecule is CN(Cc1nccn1C)c1ccc(C#N)cc1Cl. The first-order chi connectivity index (χ1) is 8.61. The average molecular weight is 261 g/mol. The molecule has 1 aromatic carbocycles. The van der Waals surface area contributed by atoms with Crippen molar-refractivity contribution < 1.29 is 0 Å². The molecule has 0 aliphatic rings. The van der Waals surface area contributed by atoms with Crippen molar-refractivity contribution >= 4 is 17.3 Å². The van der Waals surface area contributed by atoms with Gasteiger partial charge in [0, 0.05) is 26.5 Å². The van der Waals surface area contributed by atoms with E-state index in [1.54, 1.807) is 18.3 Å². The minimum atomic E-state index is 0.564. The van der Waals surface area contributed by atoms with Crippen molar-refractivity contribution in [2.75, 3.05) is 11.9 Å². The largest absolute Gasteiger partial charge is 0.366 e. The minimum Gasteiger partial charge on any atom is -0.366 e. The number of imidazole rings is 1. The molecule has 0 saturated carbocycles. The summed E-state index contributed by atoms with van der Waals surface area (Å²) >= 11 is 6.16. The number of aromatic nitrogens is 2. The number of benzene rings is 1. The van der Waals surface area contributed by atoms with Crippen LogP contribution in [-0.2, 0) is 13.6 Å². The van der Waals surface area contributed by atoms with Crippen LogP contribution in [0, 0.1) is 11.3 Å². The van der Waals surface area contributed by atoms with E-state index < -0.39 is 0 Å². The van der Waals surface area contributed by atoms with E-state index in [9.17, 15) is 0 Å². The maximum atomic E-state index is 8.80. The zero-order valence-electron chi connectivity index (χ0n) is 10.3. The summed E-state index contributed by atoms with van der Waals surface area (Å²) in [6.07, 6.45) is 3.67. The van der Waals surface area contributed by atoms with Crippen LogP contribution in [0.1, 0.15) is 11.4 Å². The van der Waals surface area contributed by atoms with Gasteiger partial charge in [0.1, 0.15) is 5.82 Å². The molecule has 4 nitrogen and oxygen atoms in total. The molecule has 0 aliphatic carbocycles. The molecule has 0 spiro atoms. The van der Waals surface area contributed by atoms with Crippen LogP contribution in [0.15, 0.2) is 30.6 Å². The smallest absolute Gasteiger partial charge is 0.127 e. The third kappa shape index (κ3) is 2.47. The lowest BCUT2D eigenvalue weighted by atomic mass is 10.2. The van der Waals surface area contributed by atoms with Gasteiger partial charge in [-0.05, 0) is 18.2 Å². The first kappa shape index (κ1) is 12.5. The Morgan fingerprint density at radius 2 is 2.28 bits per heavy atom. The third-order valence-corrected chi connectivity index (χ3v) is 3.09. The summed E-state index contributed by atoms with van der Waals surface area (Å²) in [5.74, 6) is 0.956. The Kier molecular flexibility index (Phi) is 3.54. The fourth-order valence-electron chi connectivity index (χ4n) is 1.73. The highest BCUT2D eigenvalue weighted by molar-refractivity contribution is 6.33. The lowest BCUT2D eigenvalue weighted by molar-refractivity contribution is 0.762. The number of anilines is 1. The summed E-state index contributed by atoms with van der Waals surface area (Å²) in [7, 11) is 3.90. The summed E-state index contributed by atoms with van der Waals surface area (Å²) in [4.78, 5) is 6.28. The number of aryl methyl sites for hydroxylation is 1. The van der Waals surface area contributed by atoms with E-state index in [0.29, 0.717) is 17.1 Å². The zero-order chi connectivity index (χ0) is 13.1. The molecule has 2 aromatic rings. The number of nitriles is 1. The lowest BCUT2D eigenvalue weighted by Crippen LogP contribution is -2.19. The Morgan fingerprint density at radius 1 is 1.50 bits per heavy atom. The number of rotatable bonds is 3. The summed E-state index contributed by atoms with van der Waals surface area (Å²) in [6, 6.07) is 7.35. The van der Waals surface area contributed by atoms with Gasteiger partial charge in [-0.15, -0.1) is 0 Å². The molecule has 0 saturated heterocycles. The molecule has 0 atom stereocenters. The fourth-order valence-corrected chi connectivity index (χ4v) is 2.06. The Morgan fingerprint density at radius 3 is 2.83 bits per heavy atom. The van der Waals surface area contributed by atoms with Gasteiger partial charge in [0.15, 0.2) is 0 Å². The molecule has 0 aliphatic heterocycles. The van der Waals surface area contributed by atoms with Crippen molar-refractivity contribution in [3.05, 3.63) is 47.0 Å². The van der Waals surface area contributed by atoms with Crippen LogP contribution in [0.25, 0.3) is 0 Å². The highest BCUT2D eigenvalue weighted by atomic mass is 35.5. The molecule has 0 fully saturated rings. The van der Waals surface area contributed by atoms with E-state index in [-0.39, 0.29) is 0 Å². The topological polar surface area (TPSA) is 44.9 Å². The molecular formula is C13H13ClN4. The average Bonchev–Trinajstić information content (AvgIpc) is 2.74. The highest BCUT2D eigenvalue weighted by Gasteiger charge is 2.09. The van der Waals surface area contributed by atoms with Crippen molar-refractivity contribution in [2.24, 2.45) is 7.05 Å². The first-order valence-electron chi connectivity index (χ1n) is 5.49. The molecule has 2 rings (SSSR count). The second kappa shape index (κ2) is 5.11. The number of hydrogen-bond donors (Lipinski definition) is 0. The molecule has 0 unspecified atom stereocenters. The predicted molar refractivity (Wildman–Crippen MR) is 71.5 cm³/mol. The second-order valence-electron chi connectivity index (χ2n) is 4.09. The molecule has 1 aromatic heterocycles. The predicted octanol–water partition coefficient (Wildman–Crippen LogP) is 2.58. The molecule has 5 heteroatoms. The maximum absolute atomic E-state index is 8.80. The summed E-state index contributed by atoms with van der Waals surface area (Å²) in [5, 5.41) is 9.37. The standard InChI is InChI=1S/C13H13ClN4/c1-17-6-5-16-13(17)9-18(2)12-4-3-10(8-15)7-11(12)14/h3-7H,9H2,1-2H3. The van der Waals surface area contributed by atoms with Crippen molar-refractivity contribution in [2.45, 2.75) is 6.54 Å². The Bertz CT molecular complexity index is 597. The van der Waals surface area contributed by atoms with Gasteiger partial charge in [-0.1, -0.05) is 11.6 Å². The zero-order valence-corrected chi connectivity index (χ0v) is 11.0. The van der Waals surface area contributed by atoms with Crippen LogP contribution in [0.3, 0.4) is 0 Å². The van der Waals surface area contributed by atoms with Crippen LogP contribution >= 0.6 is 11.6 Å². The van der Waals surface area contributed by atoms with Gasteiger partial charge in [0.2, 0.25) is 0 Å². The van der Waals surface area contributed by atoms with Gasteiger partial charge >= 0.3 is 0 Å². The molecule has 92 valence electrons. The van der Waals surface area contributed by atoms with Crippen molar-refractivity contribution in [1.29, 1.82) is 5.26 Å². The molecule has 18 heavy (non-hydrogen) atoms. The molecule has 0 radical (unpaired) electrons. The molecule has 1 heterocycles. The quantitative estimate of drug-likeness (QED) is 0.852. The van der Waals surface area contributed by atoms with Gasteiger partial charge < -0.3 is 9.47 Å². The van der Waals surface area contributed by atoms with Crippen LogP contribution < -0.4 is 4.90 Å². The molecular weight excluding hydrogens is 248 g/mol. The van der Waals surface area contributed by atoms with E-state index >= 15 is 0 Å². The molecule has 0 bridgehead atoms. The van der Waals surface area contributed by atoms with Crippen molar-refractivity contribution in [3.8, 4) is 6.07 Å². The lowest BCUT2D eigenvalue weighted by Gasteiger charge is -2.20. The van der Waals surface area contributed by atoms with E-state index in [4.69, 9.17) is 16.9 Å². The van der Waals surface area contributed by atoms with Gasteiger partial charge in [-0.2, -0.15) is 5.26 Å². The van der Waals surface area contributed by atoms with Gasteiger partial charge in [0.05, 0.1) is 28.9 Å². The third-order valence-electron chi connectivity index (χ3n) is 2.79. The Hall–Kier alpha value is -1.99. The van der Waals surface area contributed by atoms with Gasteiger partial charge in [-0.3, -0.25) is 0 Å². The first-order valence-corrected chi connectivity index (χ1v) is 5.86. The fraction of sp³-hybridized carbons (Fsp3) is 0.231. The van der Waals surface area contributed by atoms with Crippen molar-refractivity contribution in [3.63, 3.8) is 0 Å². The Labute approximate surface area is 111 Å². The Balaban J connectivity index is 2.22. The molecule has 0 amide bonds. The summed E-state index contributed by atoms with van der Waals surface area (Å²) in [6.45, 7) is 0.662.